The van der Waals surface area contributed by atoms with Crippen molar-refractivity contribution in [2.45, 2.75) is 55.1 Å². The first-order valence-electron chi connectivity index (χ1n) is 3.16. The van der Waals surface area contributed by atoms with Gasteiger partial charge < -0.3 is 9.90 Å². The molecule has 0 saturated heterocycles. The van der Waals surface area contributed by atoms with E-state index < -0.39 is 0 Å². The molecule has 72 valence electrons. The zero-order chi connectivity index (χ0) is 7.86. The Morgan fingerprint density at radius 1 is 1.36 bits per heavy atom. The summed E-state index contributed by atoms with van der Waals surface area (Å²) in [6.45, 7) is 6.78. The molecule has 2 heteroatoms. The van der Waals surface area contributed by atoms with E-state index in [1.54, 1.807) is 6.92 Å². The van der Waals surface area contributed by atoms with Crippen LogP contribution < -0.4 is 0 Å². The van der Waals surface area contributed by atoms with E-state index in [2.05, 4.69) is 0 Å². The number of rotatable bonds is 1. The molecule has 0 bridgehead atoms. The van der Waals surface area contributed by atoms with Gasteiger partial charge in [0, 0.05) is 0 Å². The second-order valence-corrected chi connectivity index (χ2v) is 2.17. The molecule has 1 atom stereocenters. The minimum absolute atomic E-state index is 0. The van der Waals surface area contributed by atoms with Crippen molar-refractivity contribution in [1.82, 2.24) is 0 Å². The van der Waals surface area contributed by atoms with Crippen molar-refractivity contribution in [3.63, 3.8) is 0 Å². The van der Waals surface area contributed by atoms with Crippen LogP contribution in [0.4, 0.5) is 0 Å². The van der Waals surface area contributed by atoms with Gasteiger partial charge in [-0.15, -0.1) is 0 Å². The third kappa shape index (κ3) is 211. The summed E-state index contributed by atoms with van der Waals surface area (Å²) in [6.07, 6.45) is 0.745. The molecule has 0 aliphatic rings. The quantitative estimate of drug-likeness (QED) is 0.647. The predicted molar refractivity (Wildman–Crippen MR) is 51.8 cm³/mol. The molecule has 0 aromatic rings. The topological polar surface area (TPSA) is 37.3 Å². The van der Waals surface area contributed by atoms with Crippen LogP contribution in [0.2, 0.25) is 0 Å². The van der Waals surface area contributed by atoms with E-state index in [0.717, 1.165) is 6.42 Å². The van der Waals surface area contributed by atoms with Crippen LogP contribution in [0.15, 0.2) is 0 Å². The van der Waals surface area contributed by atoms with Gasteiger partial charge in [0.1, 0.15) is 5.78 Å². The van der Waals surface area contributed by atoms with Crippen LogP contribution in [-0.2, 0) is 4.79 Å². The lowest BCUT2D eigenvalue weighted by Crippen LogP contribution is -1.93. The standard InChI is InChI=1S/C4H10O.C3H6O.2CH4/c1-3-4(2)5;1-3(2)4;;/h4-5H,3H2,1-2H3;1-2H3;2*1H4. The second-order valence-electron chi connectivity index (χ2n) is 2.17. The maximum atomic E-state index is 9.44. The summed E-state index contributed by atoms with van der Waals surface area (Å²) >= 11 is 0. The van der Waals surface area contributed by atoms with E-state index >= 15 is 0 Å². The zero-order valence-electron chi connectivity index (χ0n) is 6.64. The smallest absolute Gasteiger partial charge is 0.126 e. The first-order valence-corrected chi connectivity index (χ1v) is 3.16. The fourth-order valence-electron chi connectivity index (χ4n) is 0. The van der Waals surface area contributed by atoms with Gasteiger partial charge in [-0.3, -0.25) is 0 Å². The van der Waals surface area contributed by atoms with Crippen LogP contribution in [0.3, 0.4) is 0 Å². The number of carbonyl (C=O) groups excluding carboxylic acids is 1. The van der Waals surface area contributed by atoms with Gasteiger partial charge in [-0.1, -0.05) is 21.8 Å². The van der Waals surface area contributed by atoms with Crippen molar-refractivity contribution < 1.29 is 9.90 Å². The van der Waals surface area contributed by atoms with Gasteiger partial charge in [-0.2, -0.15) is 0 Å². The molecule has 0 radical (unpaired) electrons. The van der Waals surface area contributed by atoms with Crippen molar-refractivity contribution in [3.8, 4) is 0 Å². The number of hydrogen-bond donors (Lipinski definition) is 1. The molecule has 0 fully saturated rings. The SMILES string of the molecule is C.C.CC(C)=O.CCC(C)O. The summed E-state index contributed by atoms with van der Waals surface area (Å²) in [5, 5.41) is 8.36. The van der Waals surface area contributed by atoms with Crippen LogP contribution in [0, 0.1) is 0 Å². The maximum absolute atomic E-state index is 9.44. The number of ketones is 1. The monoisotopic (exact) mass is 164 g/mol. The highest BCUT2D eigenvalue weighted by Gasteiger charge is 1.81. The van der Waals surface area contributed by atoms with Gasteiger partial charge in [0.15, 0.2) is 0 Å². The number of aliphatic hydroxyl groups is 1. The van der Waals surface area contributed by atoms with Gasteiger partial charge in [-0.05, 0) is 27.2 Å². The fraction of sp³-hybridized carbons (Fsp3) is 0.889. The molecule has 0 aliphatic heterocycles. The molecule has 0 aromatic heterocycles. The molecule has 0 aliphatic carbocycles. The molecular weight excluding hydrogens is 140 g/mol. The van der Waals surface area contributed by atoms with E-state index in [4.69, 9.17) is 5.11 Å². The van der Waals surface area contributed by atoms with E-state index in [-0.39, 0.29) is 26.7 Å². The summed E-state index contributed by atoms with van der Waals surface area (Å²) in [7, 11) is 0. The average molecular weight is 164 g/mol. The number of carbonyl (C=O) groups is 1. The molecule has 11 heavy (non-hydrogen) atoms. The Morgan fingerprint density at radius 2 is 1.45 bits per heavy atom. The van der Waals surface area contributed by atoms with Crippen molar-refractivity contribution in [3.05, 3.63) is 0 Å². The largest absolute Gasteiger partial charge is 0.393 e. The average Bonchev–Trinajstić information content (AvgIpc) is 1.65. The van der Waals surface area contributed by atoms with Gasteiger partial charge in [0.05, 0.1) is 6.10 Å². The lowest BCUT2D eigenvalue weighted by Gasteiger charge is -1.90. The van der Waals surface area contributed by atoms with Crippen LogP contribution in [-0.4, -0.2) is 17.0 Å². The number of Topliss-reactive ketones (excluding diaryl/α,β-unsaturated/α-hetero) is 1. The fourth-order valence-corrected chi connectivity index (χ4v) is 0. The minimum Gasteiger partial charge on any atom is -0.393 e. The van der Waals surface area contributed by atoms with Gasteiger partial charge in [0.25, 0.3) is 0 Å². The summed E-state index contributed by atoms with van der Waals surface area (Å²) < 4.78 is 0. The molecule has 0 amide bonds. The molecule has 0 saturated carbocycles. The van der Waals surface area contributed by atoms with Crippen molar-refractivity contribution in [2.24, 2.45) is 0 Å². The third-order valence-electron chi connectivity index (χ3n) is 0.591. The first kappa shape index (κ1) is 22.4. The summed E-state index contributed by atoms with van der Waals surface area (Å²) in [4.78, 5) is 9.44. The normalized spacial score (nSPS) is 9.18. The van der Waals surface area contributed by atoms with Crippen LogP contribution in [0.1, 0.15) is 49.0 Å². The lowest BCUT2D eigenvalue weighted by atomic mass is 10.3. The van der Waals surface area contributed by atoms with Gasteiger partial charge in [0.2, 0.25) is 0 Å². The Bertz CT molecular complexity index is 64.0. The van der Waals surface area contributed by atoms with Crippen LogP contribution in [0.25, 0.3) is 0 Å². The molecule has 0 aromatic carbocycles. The Balaban J connectivity index is -0.0000000383. The van der Waals surface area contributed by atoms with Gasteiger partial charge >= 0.3 is 0 Å². The highest BCUT2D eigenvalue weighted by Crippen LogP contribution is 1.81. The zero-order valence-corrected chi connectivity index (χ0v) is 6.64. The molecule has 1 unspecified atom stereocenters. The lowest BCUT2D eigenvalue weighted by molar-refractivity contribution is -0.114. The second kappa shape index (κ2) is 16.3. The molecule has 1 N–H and O–H groups in total. The number of aliphatic hydroxyl groups excluding tert-OH is 1. The Hall–Kier alpha value is -0.370. The first-order chi connectivity index (χ1) is 4.00. The Morgan fingerprint density at radius 3 is 1.45 bits per heavy atom. The highest BCUT2D eigenvalue weighted by molar-refractivity contribution is 5.72. The summed E-state index contributed by atoms with van der Waals surface area (Å²) in [5.74, 6) is 0.167. The Labute approximate surface area is 71.6 Å². The highest BCUT2D eigenvalue weighted by atomic mass is 16.3. The molecule has 0 rings (SSSR count). The third-order valence-corrected chi connectivity index (χ3v) is 0.591. The molecule has 0 heterocycles. The van der Waals surface area contributed by atoms with Crippen molar-refractivity contribution in [2.75, 3.05) is 0 Å². The van der Waals surface area contributed by atoms with E-state index in [0.29, 0.717) is 0 Å². The minimum atomic E-state index is -0.116. The molecular formula is C9H24O2. The van der Waals surface area contributed by atoms with Crippen molar-refractivity contribution in [1.29, 1.82) is 0 Å². The molecule has 0 spiro atoms. The summed E-state index contributed by atoms with van der Waals surface area (Å²) in [5.41, 5.74) is 0. The molecule has 2 nitrogen and oxygen atoms in total. The predicted octanol–water partition coefficient (Wildman–Crippen LogP) is 2.64. The van der Waals surface area contributed by atoms with Crippen LogP contribution in [0.5, 0.6) is 0 Å². The maximum Gasteiger partial charge on any atom is 0.126 e. The van der Waals surface area contributed by atoms with E-state index in [1.807, 2.05) is 6.92 Å². The van der Waals surface area contributed by atoms with Crippen LogP contribution >= 0.6 is 0 Å². The van der Waals surface area contributed by atoms with Gasteiger partial charge in [-0.25, -0.2) is 0 Å². The van der Waals surface area contributed by atoms with E-state index in [9.17, 15) is 4.79 Å². The number of hydrogen-bond acceptors (Lipinski definition) is 2. The summed E-state index contributed by atoms with van der Waals surface area (Å²) in [6, 6.07) is 0. The van der Waals surface area contributed by atoms with E-state index in [1.165, 1.54) is 13.8 Å². The Kier molecular flexibility index (Phi) is 33.3. The van der Waals surface area contributed by atoms with Crippen molar-refractivity contribution >= 4 is 5.78 Å².